The van der Waals surface area contributed by atoms with E-state index >= 15 is 0 Å². The Bertz CT molecular complexity index is 864. The van der Waals surface area contributed by atoms with Crippen molar-refractivity contribution < 1.29 is 8.42 Å². The van der Waals surface area contributed by atoms with Gasteiger partial charge in [0.05, 0.1) is 4.90 Å². The number of rotatable bonds is 3. The lowest BCUT2D eigenvalue weighted by Crippen LogP contribution is -2.11. The van der Waals surface area contributed by atoms with Gasteiger partial charge < -0.3 is 0 Å². The van der Waals surface area contributed by atoms with Crippen LogP contribution in [0.25, 0.3) is 11.1 Å². The summed E-state index contributed by atoms with van der Waals surface area (Å²) in [5.41, 5.74) is 4.47. The van der Waals surface area contributed by atoms with Crippen LogP contribution in [0.2, 0.25) is 0 Å². The SMILES string of the molecule is NS(=O)(=O)c1ccc(C2=CCC=C2c2ccc(I)cc2)cc1. The predicted molar refractivity (Wildman–Crippen MR) is 97.5 cm³/mol. The van der Waals surface area contributed by atoms with E-state index in [9.17, 15) is 8.42 Å². The van der Waals surface area contributed by atoms with Crippen LogP contribution in [0.5, 0.6) is 0 Å². The number of benzene rings is 2. The number of hydrogen-bond donors (Lipinski definition) is 1. The van der Waals surface area contributed by atoms with Gasteiger partial charge in [-0.3, -0.25) is 0 Å². The molecule has 0 bridgehead atoms. The second kappa shape index (κ2) is 5.98. The first-order valence-electron chi connectivity index (χ1n) is 6.75. The van der Waals surface area contributed by atoms with Crippen LogP contribution in [0.3, 0.4) is 0 Å². The van der Waals surface area contributed by atoms with Gasteiger partial charge in [0, 0.05) is 3.57 Å². The van der Waals surface area contributed by atoms with Crippen LogP contribution in [0, 0.1) is 3.57 Å². The monoisotopic (exact) mass is 423 g/mol. The van der Waals surface area contributed by atoms with Gasteiger partial charge in [0.2, 0.25) is 10.0 Å². The predicted octanol–water partition coefficient (Wildman–Crippen LogP) is 3.81. The Morgan fingerprint density at radius 2 is 1.27 bits per heavy atom. The maximum Gasteiger partial charge on any atom is 0.238 e. The third kappa shape index (κ3) is 3.16. The molecule has 0 aromatic heterocycles. The third-order valence-corrected chi connectivity index (χ3v) is 5.23. The minimum absolute atomic E-state index is 0.134. The zero-order valence-electron chi connectivity index (χ0n) is 11.7. The van der Waals surface area contributed by atoms with Gasteiger partial charge in [0.25, 0.3) is 0 Å². The van der Waals surface area contributed by atoms with E-state index in [1.54, 1.807) is 24.3 Å². The van der Waals surface area contributed by atoms with Gasteiger partial charge >= 0.3 is 0 Å². The molecule has 0 aliphatic heterocycles. The normalized spacial score (nSPS) is 14.6. The van der Waals surface area contributed by atoms with Gasteiger partial charge in [-0.05, 0) is 75.6 Å². The fourth-order valence-corrected chi connectivity index (χ4v) is 3.39. The highest BCUT2D eigenvalue weighted by Gasteiger charge is 2.15. The molecule has 0 amide bonds. The molecule has 2 aromatic rings. The maximum absolute atomic E-state index is 11.3. The number of halogens is 1. The van der Waals surface area contributed by atoms with Gasteiger partial charge in [-0.1, -0.05) is 36.4 Å². The molecular weight excluding hydrogens is 409 g/mol. The molecule has 112 valence electrons. The molecule has 0 spiro atoms. The molecule has 0 saturated heterocycles. The van der Waals surface area contributed by atoms with Crippen molar-refractivity contribution >= 4 is 43.8 Å². The number of nitrogens with two attached hydrogens (primary N) is 1. The Hall–Kier alpha value is -1.44. The van der Waals surface area contributed by atoms with Crippen molar-refractivity contribution in [3.63, 3.8) is 0 Å². The largest absolute Gasteiger partial charge is 0.238 e. The minimum atomic E-state index is -3.65. The molecule has 0 unspecified atom stereocenters. The molecule has 0 fully saturated rings. The fourth-order valence-electron chi connectivity index (χ4n) is 2.51. The summed E-state index contributed by atoms with van der Waals surface area (Å²) in [5.74, 6) is 0. The lowest BCUT2D eigenvalue weighted by atomic mass is 9.95. The second-order valence-electron chi connectivity index (χ2n) is 5.05. The van der Waals surface area contributed by atoms with Crippen LogP contribution in [0.15, 0.2) is 65.6 Å². The molecule has 22 heavy (non-hydrogen) atoms. The van der Waals surface area contributed by atoms with Crippen LogP contribution in [-0.2, 0) is 10.0 Å². The lowest BCUT2D eigenvalue weighted by Gasteiger charge is -2.10. The zero-order chi connectivity index (χ0) is 15.7. The van der Waals surface area contributed by atoms with Gasteiger partial charge in [0.15, 0.2) is 0 Å². The molecule has 3 rings (SSSR count). The van der Waals surface area contributed by atoms with Gasteiger partial charge in [0.1, 0.15) is 0 Å². The van der Waals surface area contributed by atoms with E-state index in [0.717, 1.165) is 17.6 Å². The zero-order valence-corrected chi connectivity index (χ0v) is 14.6. The van der Waals surface area contributed by atoms with Crippen molar-refractivity contribution in [3.05, 3.63) is 75.4 Å². The Balaban J connectivity index is 1.95. The van der Waals surface area contributed by atoms with E-state index in [4.69, 9.17) is 5.14 Å². The smallest absolute Gasteiger partial charge is 0.225 e. The first-order chi connectivity index (χ1) is 10.4. The molecule has 0 radical (unpaired) electrons. The molecule has 3 nitrogen and oxygen atoms in total. The Labute approximate surface area is 143 Å². The highest BCUT2D eigenvalue weighted by Crippen LogP contribution is 2.36. The standard InChI is InChI=1S/C17H14INO2S/c18-14-8-4-12(5-9-14)16-2-1-3-17(16)13-6-10-15(11-7-13)22(19,20)21/h2-11H,1H2,(H2,19,20,21). The summed E-state index contributed by atoms with van der Waals surface area (Å²) in [6.07, 6.45) is 5.22. The van der Waals surface area contributed by atoms with Crippen LogP contribution in [0.1, 0.15) is 17.5 Å². The van der Waals surface area contributed by atoms with E-state index in [1.165, 1.54) is 14.7 Å². The number of hydrogen-bond acceptors (Lipinski definition) is 2. The third-order valence-electron chi connectivity index (χ3n) is 3.58. The molecule has 0 saturated carbocycles. The van der Waals surface area contributed by atoms with Crippen LogP contribution >= 0.6 is 22.6 Å². The van der Waals surface area contributed by atoms with E-state index in [1.807, 2.05) is 0 Å². The average molecular weight is 423 g/mol. The molecule has 0 heterocycles. The van der Waals surface area contributed by atoms with E-state index in [-0.39, 0.29) is 4.90 Å². The summed E-state index contributed by atoms with van der Waals surface area (Å²) in [6.45, 7) is 0. The highest BCUT2D eigenvalue weighted by atomic mass is 127. The first-order valence-corrected chi connectivity index (χ1v) is 9.37. The molecule has 5 heteroatoms. The number of allylic oxidation sites excluding steroid dienone is 4. The van der Waals surface area contributed by atoms with Crippen molar-refractivity contribution in [1.29, 1.82) is 0 Å². The minimum Gasteiger partial charge on any atom is -0.225 e. The van der Waals surface area contributed by atoms with Crippen molar-refractivity contribution in [2.75, 3.05) is 0 Å². The van der Waals surface area contributed by atoms with E-state index < -0.39 is 10.0 Å². The lowest BCUT2D eigenvalue weighted by molar-refractivity contribution is 0.598. The summed E-state index contributed by atoms with van der Waals surface area (Å²) < 4.78 is 23.9. The summed E-state index contributed by atoms with van der Waals surface area (Å²) >= 11 is 2.28. The van der Waals surface area contributed by atoms with Crippen LogP contribution in [-0.4, -0.2) is 8.42 Å². The molecule has 1 aliphatic carbocycles. The van der Waals surface area contributed by atoms with Crippen molar-refractivity contribution in [2.45, 2.75) is 11.3 Å². The first kappa shape index (κ1) is 15.5. The molecule has 2 N–H and O–H groups in total. The topological polar surface area (TPSA) is 60.2 Å². The van der Waals surface area contributed by atoms with Gasteiger partial charge in [-0.2, -0.15) is 0 Å². The summed E-state index contributed by atoms with van der Waals surface area (Å²) in [6, 6.07) is 15.1. The van der Waals surface area contributed by atoms with Crippen molar-refractivity contribution in [3.8, 4) is 0 Å². The van der Waals surface area contributed by atoms with Crippen molar-refractivity contribution in [1.82, 2.24) is 0 Å². The summed E-state index contributed by atoms with van der Waals surface area (Å²) in [5, 5.41) is 5.14. The Kier molecular flexibility index (Phi) is 4.20. The molecular formula is C17H14INO2S. The Morgan fingerprint density at radius 3 is 1.73 bits per heavy atom. The highest BCUT2D eigenvalue weighted by molar-refractivity contribution is 14.1. The van der Waals surface area contributed by atoms with Gasteiger partial charge in [-0.25, -0.2) is 13.6 Å². The quantitative estimate of drug-likeness (QED) is 0.764. The van der Waals surface area contributed by atoms with E-state index in [2.05, 4.69) is 59.0 Å². The van der Waals surface area contributed by atoms with Crippen LogP contribution in [0.4, 0.5) is 0 Å². The second-order valence-corrected chi connectivity index (χ2v) is 7.85. The van der Waals surface area contributed by atoms with Gasteiger partial charge in [-0.15, -0.1) is 0 Å². The van der Waals surface area contributed by atoms with Crippen molar-refractivity contribution in [2.24, 2.45) is 5.14 Å². The average Bonchev–Trinajstić information content (AvgIpc) is 2.97. The number of sulfonamides is 1. The Morgan fingerprint density at radius 1 is 0.818 bits per heavy atom. The van der Waals surface area contributed by atoms with Crippen LogP contribution < -0.4 is 5.14 Å². The molecule has 0 atom stereocenters. The molecule has 2 aromatic carbocycles. The summed E-state index contributed by atoms with van der Waals surface area (Å²) in [7, 11) is -3.65. The molecule has 1 aliphatic rings. The fraction of sp³-hybridized carbons (Fsp3) is 0.0588. The van der Waals surface area contributed by atoms with E-state index in [0.29, 0.717) is 0 Å². The maximum atomic E-state index is 11.3. The summed E-state index contributed by atoms with van der Waals surface area (Å²) in [4.78, 5) is 0.134. The number of primary sulfonamides is 1.